The monoisotopic (exact) mass is 219 g/mol. The van der Waals surface area contributed by atoms with Gasteiger partial charge < -0.3 is 0 Å². The van der Waals surface area contributed by atoms with Crippen molar-refractivity contribution in [2.24, 2.45) is 5.84 Å². The lowest BCUT2D eigenvalue weighted by Gasteiger charge is -2.20. The normalized spacial score (nSPS) is 14.8. The molecule has 0 fully saturated rings. The zero-order valence-electron chi connectivity index (χ0n) is 9.94. The molecule has 5 nitrogen and oxygen atoms in total. The second kappa shape index (κ2) is 4.19. The molecule has 2 aromatic heterocycles. The van der Waals surface area contributed by atoms with Gasteiger partial charge in [-0.3, -0.25) is 5.84 Å². The lowest BCUT2D eigenvalue weighted by Crippen LogP contribution is -2.33. The summed E-state index contributed by atoms with van der Waals surface area (Å²) >= 11 is 0. The topological polar surface area (TPSA) is 59.5 Å². The van der Waals surface area contributed by atoms with E-state index >= 15 is 0 Å². The molecule has 3 rings (SSSR count). The molecular weight excluding hydrogens is 202 g/mol. The number of rotatable bonds is 0. The van der Waals surface area contributed by atoms with Gasteiger partial charge in [0.25, 0.3) is 0 Å². The van der Waals surface area contributed by atoms with Crippen molar-refractivity contribution in [3.63, 3.8) is 0 Å². The number of hydrogen-bond acceptors (Lipinski definition) is 4. The summed E-state index contributed by atoms with van der Waals surface area (Å²) in [7, 11) is 0. The van der Waals surface area contributed by atoms with Crippen LogP contribution in [0.1, 0.15) is 30.8 Å². The SMILES string of the molecule is CC.Cc1cc2c3c(ncnn13)CN(N)C2. The predicted molar refractivity (Wildman–Crippen MR) is 62.5 cm³/mol. The molecule has 0 saturated heterocycles. The van der Waals surface area contributed by atoms with Crippen LogP contribution in [-0.4, -0.2) is 19.6 Å². The van der Waals surface area contributed by atoms with Gasteiger partial charge in [-0.1, -0.05) is 13.8 Å². The average Bonchev–Trinajstić information content (AvgIpc) is 2.60. The van der Waals surface area contributed by atoms with Crippen molar-refractivity contribution in [1.82, 2.24) is 19.6 Å². The van der Waals surface area contributed by atoms with Gasteiger partial charge in [0, 0.05) is 12.2 Å². The molecule has 0 atom stereocenters. The van der Waals surface area contributed by atoms with Crippen LogP contribution in [0, 0.1) is 6.92 Å². The van der Waals surface area contributed by atoms with E-state index in [-0.39, 0.29) is 0 Å². The molecule has 3 heterocycles. The molecular formula is C11H17N5. The molecule has 2 aromatic rings. The minimum Gasteiger partial charge on any atom is -0.268 e. The van der Waals surface area contributed by atoms with Crippen LogP contribution in [0.25, 0.3) is 5.52 Å². The van der Waals surface area contributed by atoms with Gasteiger partial charge in [0.1, 0.15) is 6.33 Å². The third-order valence-electron chi connectivity index (χ3n) is 2.61. The van der Waals surface area contributed by atoms with Crippen LogP contribution >= 0.6 is 0 Å². The van der Waals surface area contributed by atoms with E-state index in [2.05, 4.69) is 16.1 Å². The summed E-state index contributed by atoms with van der Waals surface area (Å²) in [6.07, 6.45) is 1.58. The van der Waals surface area contributed by atoms with Crippen LogP contribution in [0.2, 0.25) is 0 Å². The summed E-state index contributed by atoms with van der Waals surface area (Å²) in [6.45, 7) is 7.51. The second-order valence-electron chi connectivity index (χ2n) is 3.68. The molecule has 1 aliphatic heterocycles. The van der Waals surface area contributed by atoms with E-state index in [0.29, 0.717) is 6.54 Å². The number of nitrogens with zero attached hydrogens (tertiary/aromatic N) is 4. The van der Waals surface area contributed by atoms with E-state index < -0.39 is 0 Å². The molecule has 0 aliphatic carbocycles. The summed E-state index contributed by atoms with van der Waals surface area (Å²) in [4.78, 5) is 4.25. The quantitative estimate of drug-likeness (QED) is 0.677. The van der Waals surface area contributed by atoms with Crippen molar-refractivity contribution in [2.75, 3.05) is 0 Å². The Kier molecular flexibility index (Phi) is 2.89. The van der Waals surface area contributed by atoms with Crippen molar-refractivity contribution in [3.8, 4) is 0 Å². The molecule has 0 radical (unpaired) electrons. The Balaban J connectivity index is 0.000000457. The van der Waals surface area contributed by atoms with Crippen molar-refractivity contribution < 1.29 is 0 Å². The lowest BCUT2D eigenvalue weighted by molar-refractivity contribution is 0.257. The van der Waals surface area contributed by atoms with Gasteiger partial charge in [-0.05, 0) is 18.6 Å². The molecule has 1 aliphatic rings. The first-order valence-electron chi connectivity index (χ1n) is 5.56. The minimum absolute atomic E-state index is 0.697. The van der Waals surface area contributed by atoms with E-state index in [4.69, 9.17) is 5.84 Å². The highest BCUT2D eigenvalue weighted by atomic mass is 15.4. The fraction of sp³-hybridized carbons (Fsp3) is 0.455. The molecule has 0 amide bonds. The van der Waals surface area contributed by atoms with Gasteiger partial charge in [-0.25, -0.2) is 14.5 Å². The Hall–Kier alpha value is -1.46. The second-order valence-corrected chi connectivity index (χ2v) is 3.68. The summed E-state index contributed by atoms with van der Waals surface area (Å²) in [6, 6.07) is 2.12. The first kappa shape index (κ1) is 11.0. The standard InChI is InChI=1S/C9H11N5.C2H6/c1-6-2-7-3-13(10)4-8-9(7)14(6)12-5-11-8;1-2/h2,5H,3-4,10H2,1H3;1-2H3. The van der Waals surface area contributed by atoms with Gasteiger partial charge in [0.05, 0.1) is 17.8 Å². The van der Waals surface area contributed by atoms with Gasteiger partial charge in [0.15, 0.2) is 0 Å². The highest BCUT2D eigenvalue weighted by Gasteiger charge is 2.20. The van der Waals surface area contributed by atoms with Gasteiger partial charge in [-0.15, -0.1) is 0 Å². The van der Waals surface area contributed by atoms with Gasteiger partial charge in [-0.2, -0.15) is 5.10 Å². The van der Waals surface area contributed by atoms with E-state index in [0.717, 1.165) is 23.4 Å². The molecule has 0 saturated carbocycles. The highest BCUT2D eigenvalue weighted by Crippen LogP contribution is 2.23. The van der Waals surface area contributed by atoms with E-state index in [1.165, 1.54) is 5.56 Å². The summed E-state index contributed by atoms with van der Waals surface area (Å²) in [5.74, 6) is 5.80. The van der Waals surface area contributed by atoms with Crippen LogP contribution in [0.4, 0.5) is 0 Å². The molecule has 16 heavy (non-hydrogen) atoms. The Morgan fingerprint density at radius 3 is 2.81 bits per heavy atom. The van der Waals surface area contributed by atoms with Crippen LogP contribution in [0.3, 0.4) is 0 Å². The van der Waals surface area contributed by atoms with Crippen molar-refractivity contribution in [3.05, 3.63) is 29.3 Å². The maximum Gasteiger partial charge on any atom is 0.136 e. The molecule has 86 valence electrons. The number of hydrogen-bond donors (Lipinski definition) is 1. The predicted octanol–water partition coefficient (Wildman–Crippen LogP) is 1.25. The molecule has 2 N–H and O–H groups in total. The van der Waals surface area contributed by atoms with Gasteiger partial charge >= 0.3 is 0 Å². The van der Waals surface area contributed by atoms with Crippen LogP contribution in [0.15, 0.2) is 12.4 Å². The summed E-state index contributed by atoms with van der Waals surface area (Å²) < 4.78 is 1.94. The third kappa shape index (κ3) is 1.58. The Morgan fingerprint density at radius 1 is 1.31 bits per heavy atom. The Morgan fingerprint density at radius 2 is 2.06 bits per heavy atom. The smallest absolute Gasteiger partial charge is 0.136 e. The average molecular weight is 219 g/mol. The first-order valence-corrected chi connectivity index (χ1v) is 5.56. The first-order chi connectivity index (χ1) is 7.75. The maximum absolute atomic E-state index is 5.80. The zero-order valence-corrected chi connectivity index (χ0v) is 9.94. The zero-order chi connectivity index (χ0) is 11.7. The van der Waals surface area contributed by atoms with Crippen molar-refractivity contribution in [2.45, 2.75) is 33.9 Å². The van der Waals surface area contributed by atoms with Gasteiger partial charge in [0.2, 0.25) is 0 Å². The third-order valence-corrected chi connectivity index (χ3v) is 2.61. The lowest BCUT2D eigenvalue weighted by atomic mass is 10.1. The summed E-state index contributed by atoms with van der Waals surface area (Å²) in [5, 5.41) is 5.98. The van der Waals surface area contributed by atoms with E-state index in [1.807, 2.05) is 25.3 Å². The van der Waals surface area contributed by atoms with Crippen LogP contribution in [-0.2, 0) is 13.1 Å². The molecule has 5 heteroatoms. The van der Waals surface area contributed by atoms with Crippen LogP contribution in [0.5, 0.6) is 0 Å². The van der Waals surface area contributed by atoms with E-state index in [1.54, 1.807) is 11.3 Å². The highest BCUT2D eigenvalue weighted by molar-refractivity contribution is 5.61. The fourth-order valence-electron chi connectivity index (χ4n) is 2.06. The molecule has 0 unspecified atom stereocenters. The molecule has 0 spiro atoms. The number of aromatic nitrogens is 3. The van der Waals surface area contributed by atoms with Crippen LogP contribution < -0.4 is 5.84 Å². The largest absolute Gasteiger partial charge is 0.268 e. The van der Waals surface area contributed by atoms with Crippen molar-refractivity contribution >= 4 is 5.52 Å². The minimum atomic E-state index is 0.697. The van der Waals surface area contributed by atoms with Crippen molar-refractivity contribution in [1.29, 1.82) is 0 Å². The Labute approximate surface area is 94.9 Å². The number of hydrazine groups is 1. The number of nitrogens with two attached hydrogens (primary N) is 1. The Bertz CT molecular complexity index is 502. The fourth-order valence-corrected chi connectivity index (χ4v) is 2.06. The maximum atomic E-state index is 5.80. The van der Waals surface area contributed by atoms with E-state index in [9.17, 15) is 0 Å². The molecule has 0 aromatic carbocycles. The number of aryl methyl sites for hydroxylation is 1. The summed E-state index contributed by atoms with van der Waals surface area (Å²) in [5.41, 5.74) is 4.49. The molecule has 0 bridgehead atoms.